The summed E-state index contributed by atoms with van der Waals surface area (Å²) in [5.74, 6) is 0.323. The fraction of sp³-hybridized carbons (Fsp3) is 0.650. The van der Waals surface area contributed by atoms with Gasteiger partial charge in [-0.25, -0.2) is 0 Å². The molecule has 24 heavy (non-hydrogen) atoms. The van der Waals surface area contributed by atoms with Crippen LogP contribution in [0.15, 0.2) is 24.3 Å². The second-order valence-electron chi connectivity index (χ2n) is 7.79. The Balaban J connectivity index is 1.43. The van der Waals surface area contributed by atoms with Crippen LogP contribution in [0, 0.1) is 6.92 Å². The van der Waals surface area contributed by atoms with E-state index in [0.29, 0.717) is 11.9 Å². The number of aryl methyl sites for hydroxylation is 1. The molecule has 1 aliphatic heterocycles. The van der Waals surface area contributed by atoms with Crippen LogP contribution >= 0.6 is 0 Å². The summed E-state index contributed by atoms with van der Waals surface area (Å²) in [7, 11) is 0. The van der Waals surface area contributed by atoms with Crippen LogP contribution in [-0.2, 0) is 10.2 Å². The number of hydrogen-bond donors (Lipinski definition) is 1. The first-order valence-electron chi connectivity index (χ1n) is 9.39. The lowest BCUT2D eigenvalue weighted by Gasteiger charge is -2.40. The number of carbonyl (C=O) groups is 1. The molecule has 0 bridgehead atoms. The average Bonchev–Trinajstić information content (AvgIpc) is 3.30. The topological polar surface area (TPSA) is 43.8 Å². The summed E-state index contributed by atoms with van der Waals surface area (Å²) in [5, 5.41) is 10.1. The van der Waals surface area contributed by atoms with Crippen LogP contribution in [-0.4, -0.2) is 59.1 Å². The molecule has 4 nitrogen and oxygen atoms in total. The van der Waals surface area contributed by atoms with Crippen LogP contribution in [0.25, 0.3) is 0 Å². The molecule has 1 amide bonds. The number of aliphatic hydroxyl groups excluding tert-OH is 1. The summed E-state index contributed by atoms with van der Waals surface area (Å²) in [4.78, 5) is 17.6. The van der Waals surface area contributed by atoms with E-state index in [1.807, 2.05) is 6.07 Å². The third-order valence-electron chi connectivity index (χ3n) is 6.33. The van der Waals surface area contributed by atoms with Crippen molar-refractivity contribution in [3.05, 3.63) is 35.4 Å². The van der Waals surface area contributed by atoms with Gasteiger partial charge in [-0.05, 0) is 50.2 Å². The van der Waals surface area contributed by atoms with Crippen LogP contribution in [0.5, 0.6) is 0 Å². The van der Waals surface area contributed by atoms with E-state index in [-0.39, 0.29) is 11.5 Å². The highest BCUT2D eigenvalue weighted by Gasteiger charge is 2.53. The zero-order chi connectivity index (χ0) is 16.7. The van der Waals surface area contributed by atoms with E-state index in [0.717, 1.165) is 58.3 Å². The summed E-state index contributed by atoms with van der Waals surface area (Å²) in [5.41, 5.74) is 2.21. The van der Waals surface area contributed by atoms with Gasteiger partial charge in [0.05, 0.1) is 11.5 Å². The molecule has 1 heterocycles. The Labute approximate surface area is 144 Å². The van der Waals surface area contributed by atoms with Crippen LogP contribution in [0.2, 0.25) is 0 Å². The fourth-order valence-corrected chi connectivity index (χ4v) is 4.74. The SMILES string of the molecule is Cc1ccccc1C1(C(=O)N2CCN([C@@H]3CCC[C@H]3O)CC2)CC1. The summed E-state index contributed by atoms with van der Waals surface area (Å²) >= 11 is 0. The van der Waals surface area contributed by atoms with Gasteiger partial charge in [0.15, 0.2) is 0 Å². The number of amides is 1. The number of aliphatic hydroxyl groups is 1. The van der Waals surface area contributed by atoms with Crippen molar-refractivity contribution in [1.29, 1.82) is 0 Å². The molecule has 2 aliphatic carbocycles. The maximum atomic E-state index is 13.2. The van der Waals surface area contributed by atoms with Gasteiger partial charge in [-0.15, -0.1) is 0 Å². The monoisotopic (exact) mass is 328 g/mol. The van der Waals surface area contributed by atoms with Crippen LogP contribution in [0.1, 0.15) is 43.2 Å². The largest absolute Gasteiger partial charge is 0.391 e. The minimum atomic E-state index is -0.250. The van der Waals surface area contributed by atoms with E-state index in [4.69, 9.17) is 0 Å². The van der Waals surface area contributed by atoms with E-state index in [1.165, 1.54) is 11.1 Å². The molecule has 3 fully saturated rings. The van der Waals surface area contributed by atoms with Gasteiger partial charge in [-0.3, -0.25) is 9.69 Å². The quantitative estimate of drug-likeness (QED) is 0.924. The van der Waals surface area contributed by atoms with Gasteiger partial charge in [-0.2, -0.15) is 0 Å². The second kappa shape index (κ2) is 6.16. The maximum Gasteiger partial charge on any atom is 0.233 e. The molecule has 0 radical (unpaired) electrons. The molecule has 4 rings (SSSR count). The van der Waals surface area contributed by atoms with Crippen LogP contribution < -0.4 is 0 Å². The smallest absolute Gasteiger partial charge is 0.233 e. The minimum absolute atomic E-state index is 0.172. The highest BCUT2D eigenvalue weighted by Crippen LogP contribution is 2.50. The van der Waals surface area contributed by atoms with Crippen LogP contribution in [0.3, 0.4) is 0 Å². The number of nitrogens with zero attached hydrogens (tertiary/aromatic N) is 2. The lowest BCUT2D eigenvalue weighted by atomic mass is 9.90. The molecule has 2 atom stereocenters. The third kappa shape index (κ3) is 2.66. The van der Waals surface area contributed by atoms with Crippen molar-refractivity contribution in [2.45, 2.75) is 56.6 Å². The van der Waals surface area contributed by atoms with Crippen molar-refractivity contribution in [3.63, 3.8) is 0 Å². The van der Waals surface area contributed by atoms with Gasteiger partial charge in [-0.1, -0.05) is 24.3 Å². The number of piperazine rings is 1. The van der Waals surface area contributed by atoms with Crippen molar-refractivity contribution in [3.8, 4) is 0 Å². The van der Waals surface area contributed by atoms with Crippen molar-refractivity contribution < 1.29 is 9.90 Å². The number of benzene rings is 1. The van der Waals surface area contributed by atoms with E-state index < -0.39 is 0 Å². The molecule has 130 valence electrons. The van der Waals surface area contributed by atoms with E-state index in [9.17, 15) is 9.90 Å². The Bertz CT molecular complexity index is 618. The summed E-state index contributed by atoms with van der Waals surface area (Å²) in [6.07, 6.45) is 4.95. The number of rotatable bonds is 3. The van der Waals surface area contributed by atoms with Crippen molar-refractivity contribution in [2.75, 3.05) is 26.2 Å². The highest BCUT2D eigenvalue weighted by molar-refractivity contribution is 5.91. The zero-order valence-electron chi connectivity index (χ0n) is 14.6. The molecular weight excluding hydrogens is 300 g/mol. The van der Waals surface area contributed by atoms with E-state index in [1.54, 1.807) is 0 Å². The summed E-state index contributed by atoms with van der Waals surface area (Å²) < 4.78 is 0. The molecule has 0 unspecified atom stereocenters. The van der Waals surface area contributed by atoms with Gasteiger partial charge in [0.25, 0.3) is 0 Å². The lowest BCUT2D eigenvalue weighted by molar-refractivity contribution is -0.136. The molecule has 3 aliphatic rings. The Morgan fingerprint density at radius 2 is 1.83 bits per heavy atom. The standard InChI is InChI=1S/C20H28N2O2/c1-15-5-2-3-6-16(15)20(9-10-20)19(24)22-13-11-21(12-14-22)17-7-4-8-18(17)23/h2-3,5-6,17-18,23H,4,7-14H2,1H3/t17-,18-/m1/s1. The zero-order valence-corrected chi connectivity index (χ0v) is 14.6. The number of hydrogen-bond acceptors (Lipinski definition) is 3. The predicted molar refractivity (Wildman–Crippen MR) is 93.9 cm³/mol. The Morgan fingerprint density at radius 3 is 2.42 bits per heavy atom. The Morgan fingerprint density at radius 1 is 1.12 bits per heavy atom. The molecule has 1 aromatic carbocycles. The van der Waals surface area contributed by atoms with Crippen LogP contribution in [0.4, 0.5) is 0 Å². The van der Waals surface area contributed by atoms with Gasteiger partial charge in [0, 0.05) is 32.2 Å². The number of carbonyl (C=O) groups excluding carboxylic acids is 1. The molecular formula is C20H28N2O2. The molecule has 1 N–H and O–H groups in total. The summed E-state index contributed by atoms with van der Waals surface area (Å²) in [6, 6.07) is 8.65. The van der Waals surface area contributed by atoms with Crippen molar-refractivity contribution in [2.24, 2.45) is 0 Å². The Kier molecular flexibility index (Phi) is 4.13. The average molecular weight is 328 g/mol. The lowest BCUT2D eigenvalue weighted by Crippen LogP contribution is -2.55. The first kappa shape index (κ1) is 16.1. The molecule has 2 saturated carbocycles. The fourth-order valence-electron chi connectivity index (χ4n) is 4.74. The molecule has 0 aromatic heterocycles. The van der Waals surface area contributed by atoms with Crippen molar-refractivity contribution >= 4 is 5.91 Å². The minimum Gasteiger partial charge on any atom is -0.391 e. The molecule has 4 heteroatoms. The van der Waals surface area contributed by atoms with Crippen molar-refractivity contribution in [1.82, 2.24) is 9.80 Å². The van der Waals surface area contributed by atoms with Gasteiger partial charge >= 0.3 is 0 Å². The summed E-state index contributed by atoms with van der Waals surface area (Å²) in [6.45, 7) is 5.52. The molecule has 1 saturated heterocycles. The molecule has 0 spiro atoms. The van der Waals surface area contributed by atoms with E-state index in [2.05, 4.69) is 34.9 Å². The third-order valence-corrected chi connectivity index (χ3v) is 6.33. The van der Waals surface area contributed by atoms with Gasteiger partial charge in [0.2, 0.25) is 5.91 Å². The second-order valence-corrected chi connectivity index (χ2v) is 7.79. The normalized spacial score (nSPS) is 29.7. The van der Waals surface area contributed by atoms with Gasteiger partial charge < -0.3 is 10.0 Å². The maximum absolute atomic E-state index is 13.2. The molecule has 1 aromatic rings. The van der Waals surface area contributed by atoms with E-state index >= 15 is 0 Å². The first-order valence-corrected chi connectivity index (χ1v) is 9.39. The first-order chi connectivity index (χ1) is 11.6. The Hall–Kier alpha value is -1.39. The van der Waals surface area contributed by atoms with Gasteiger partial charge in [0.1, 0.15) is 0 Å². The highest BCUT2D eigenvalue weighted by atomic mass is 16.3. The predicted octanol–water partition coefficient (Wildman–Crippen LogP) is 2.08.